The van der Waals surface area contributed by atoms with Crippen molar-refractivity contribution in [3.8, 4) is 0 Å². The van der Waals surface area contributed by atoms with E-state index < -0.39 is 5.97 Å². The third kappa shape index (κ3) is 1.96. The van der Waals surface area contributed by atoms with E-state index in [1.165, 1.54) is 6.07 Å². The van der Waals surface area contributed by atoms with Gasteiger partial charge in [0.2, 0.25) is 0 Å². The number of hydrogen-bond acceptors (Lipinski definition) is 2. The lowest BCUT2D eigenvalue weighted by molar-refractivity contribution is 0.0690. The molecule has 76 valence electrons. The number of hydrogen-bond donors (Lipinski definition) is 1. The van der Waals surface area contributed by atoms with E-state index >= 15 is 0 Å². The number of nitrogens with zero attached hydrogens (tertiary/aromatic N) is 1. The Morgan fingerprint density at radius 1 is 1.40 bits per heavy atom. The van der Waals surface area contributed by atoms with Gasteiger partial charge in [0.15, 0.2) is 0 Å². The average Bonchev–Trinajstić information content (AvgIpc) is 2.16. The zero-order valence-corrected chi connectivity index (χ0v) is 9.71. The van der Waals surface area contributed by atoms with Gasteiger partial charge in [-0.2, -0.15) is 0 Å². The highest BCUT2D eigenvalue weighted by Gasteiger charge is 2.09. The normalized spacial score (nSPS) is 10.5. The highest BCUT2D eigenvalue weighted by atomic mass is 79.9. The fourth-order valence-corrected chi connectivity index (χ4v) is 2.03. The SMILES string of the molecule is O=C(O)c1cc2cc(Cl)ccc2c(Br)n1. The standard InChI is InChI=1S/C10H5BrClNO2/c11-9-7-2-1-6(12)3-5(7)4-8(13-9)10(14)15/h1-4H,(H,14,15). The third-order valence-corrected chi connectivity index (χ3v) is 2.81. The van der Waals surface area contributed by atoms with Gasteiger partial charge in [-0.1, -0.05) is 17.7 Å². The van der Waals surface area contributed by atoms with Crippen molar-refractivity contribution in [2.24, 2.45) is 0 Å². The molecule has 2 aromatic rings. The van der Waals surface area contributed by atoms with Gasteiger partial charge >= 0.3 is 5.97 Å². The van der Waals surface area contributed by atoms with Crippen molar-refractivity contribution in [1.29, 1.82) is 0 Å². The lowest BCUT2D eigenvalue weighted by Crippen LogP contribution is -2.00. The third-order valence-electron chi connectivity index (χ3n) is 1.97. The Bertz CT molecular complexity index is 556. The molecule has 0 aliphatic rings. The van der Waals surface area contributed by atoms with Gasteiger partial charge in [-0.25, -0.2) is 9.78 Å². The maximum Gasteiger partial charge on any atom is 0.354 e. The van der Waals surface area contributed by atoms with Crippen LogP contribution in [0.1, 0.15) is 10.5 Å². The minimum Gasteiger partial charge on any atom is -0.477 e. The van der Waals surface area contributed by atoms with E-state index in [4.69, 9.17) is 16.7 Å². The molecular weight excluding hydrogens is 281 g/mol. The molecule has 0 fully saturated rings. The number of aromatic nitrogens is 1. The largest absolute Gasteiger partial charge is 0.477 e. The number of carbonyl (C=O) groups is 1. The van der Waals surface area contributed by atoms with Gasteiger partial charge in [0.25, 0.3) is 0 Å². The predicted octanol–water partition coefficient (Wildman–Crippen LogP) is 3.35. The maximum absolute atomic E-state index is 10.8. The lowest BCUT2D eigenvalue weighted by Gasteiger charge is -2.02. The number of pyridine rings is 1. The van der Waals surface area contributed by atoms with E-state index in [9.17, 15) is 4.79 Å². The first-order valence-electron chi connectivity index (χ1n) is 4.07. The molecule has 1 heterocycles. The van der Waals surface area contributed by atoms with Gasteiger partial charge in [-0.05, 0) is 39.5 Å². The molecule has 0 saturated carbocycles. The van der Waals surface area contributed by atoms with Crippen molar-refractivity contribution in [2.45, 2.75) is 0 Å². The number of benzene rings is 1. The summed E-state index contributed by atoms with van der Waals surface area (Å²) < 4.78 is 0.508. The van der Waals surface area contributed by atoms with Crippen LogP contribution in [-0.4, -0.2) is 16.1 Å². The summed E-state index contributed by atoms with van der Waals surface area (Å²) >= 11 is 9.04. The van der Waals surface area contributed by atoms with Crippen molar-refractivity contribution >= 4 is 44.3 Å². The van der Waals surface area contributed by atoms with Crippen LogP contribution in [0.15, 0.2) is 28.9 Å². The van der Waals surface area contributed by atoms with Crippen LogP contribution in [0, 0.1) is 0 Å². The van der Waals surface area contributed by atoms with Gasteiger partial charge < -0.3 is 5.11 Å². The van der Waals surface area contributed by atoms with Crippen LogP contribution in [0.3, 0.4) is 0 Å². The van der Waals surface area contributed by atoms with Crippen LogP contribution in [0.2, 0.25) is 5.02 Å². The minimum absolute atomic E-state index is 0.00311. The van der Waals surface area contributed by atoms with Crippen LogP contribution < -0.4 is 0 Å². The summed E-state index contributed by atoms with van der Waals surface area (Å²) in [5.41, 5.74) is -0.00311. The summed E-state index contributed by atoms with van der Waals surface area (Å²) in [4.78, 5) is 14.7. The molecule has 0 unspecified atom stereocenters. The molecular formula is C10H5BrClNO2. The van der Waals surface area contributed by atoms with Crippen LogP contribution in [0.5, 0.6) is 0 Å². The Kier molecular flexibility index (Phi) is 2.63. The summed E-state index contributed by atoms with van der Waals surface area (Å²) in [5, 5.41) is 11.0. The molecule has 0 atom stereocenters. The van der Waals surface area contributed by atoms with Crippen molar-refractivity contribution in [2.75, 3.05) is 0 Å². The number of carboxylic acids is 1. The zero-order valence-electron chi connectivity index (χ0n) is 7.37. The predicted molar refractivity (Wildman–Crippen MR) is 61.4 cm³/mol. The second kappa shape index (κ2) is 3.79. The van der Waals surface area contributed by atoms with E-state index in [1.54, 1.807) is 18.2 Å². The first-order valence-corrected chi connectivity index (χ1v) is 5.24. The van der Waals surface area contributed by atoms with Crippen molar-refractivity contribution < 1.29 is 9.90 Å². The van der Waals surface area contributed by atoms with Crippen LogP contribution in [0.4, 0.5) is 0 Å². The first-order chi connectivity index (χ1) is 7.08. The molecule has 0 radical (unpaired) electrons. The van der Waals surface area contributed by atoms with E-state index in [0.29, 0.717) is 9.63 Å². The van der Waals surface area contributed by atoms with Crippen molar-refractivity contribution in [3.05, 3.63) is 39.6 Å². The molecule has 0 bridgehead atoms. The fourth-order valence-electron chi connectivity index (χ4n) is 1.30. The number of carboxylic acid groups (broad SMARTS) is 1. The van der Waals surface area contributed by atoms with Gasteiger partial charge in [-0.3, -0.25) is 0 Å². The molecule has 15 heavy (non-hydrogen) atoms. The summed E-state index contributed by atoms with van der Waals surface area (Å²) in [7, 11) is 0. The molecule has 0 aliphatic carbocycles. The van der Waals surface area contributed by atoms with Gasteiger partial charge in [0.1, 0.15) is 10.3 Å². The zero-order chi connectivity index (χ0) is 11.0. The molecule has 0 aliphatic heterocycles. The molecule has 0 amide bonds. The summed E-state index contributed by atoms with van der Waals surface area (Å²) in [6.07, 6.45) is 0. The smallest absolute Gasteiger partial charge is 0.354 e. The van der Waals surface area contributed by atoms with Gasteiger partial charge in [-0.15, -0.1) is 0 Å². The van der Waals surface area contributed by atoms with E-state index in [0.717, 1.165) is 10.8 Å². The summed E-state index contributed by atoms with van der Waals surface area (Å²) in [6.45, 7) is 0. The molecule has 0 spiro atoms. The highest BCUT2D eigenvalue weighted by molar-refractivity contribution is 9.10. The average molecular weight is 287 g/mol. The molecule has 2 rings (SSSR count). The molecule has 0 saturated heterocycles. The molecule has 1 aromatic heterocycles. The van der Waals surface area contributed by atoms with Crippen molar-refractivity contribution in [1.82, 2.24) is 4.98 Å². The monoisotopic (exact) mass is 285 g/mol. The van der Waals surface area contributed by atoms with Gasteiger partial charge in [0.05, 0.1) is 0 Å². The van der Waals surface area contributed by atoms with Gasteiger partial charge in [0, 0.05) is 10.4 Å². The number of aromatic carboxylic acids is 1. The Balaban J connectivity index is 2.79. The van der Waals surface area contributed by atoms with Crippen LogP contribution in [-0.2, 0) is 0 Å². The topological polar surface area (TPSA) is 50.2 Å². The summed E-state index contributed by atoms with van der Waals surface area (Å²) in [5.74, 6) is -1.06. The van der Waals surface area contributed by atoms with E-state index in [-0.39, 0.29) is 5.69 Å². The molecule has 1 aromatic carbocycles. The lowest BCUT2D eigenvalue weighted by atomic mass is 10.1. The quantitative estimate of drug-likeness (QED) is 0.818. The molecule has 3 nitrogen and oxygen atoms in total. The Labute approximate surface area is 98.8 Å². The number of rotatable bonds is 1. The first kappa shape index (κ1) is 10.4. The second-order valence-electron chi connectivity index (χ2n) is 2.97. The second-order valence-corrected chi connectivity index (χ2v) is 4.16. The summed E-state index contributed by atoms with van der Waals surface area (Å²) in [6, 6.07) is 6.72. The molecule has 5 heteroatoms. The number of fused-ring (bicyclic) bond motifs is 1. The van der Waals surface area contributed by atoms with Crippen LogP contribution in [0.25, 0.3) is 10.8 Å². The number of halogens is 2. The maximum atomic E-state index is 10.8. The van der Waals surface area contributed by atoms with E-state index in [1.807, 2.05) is 0 Å². The van der Waals surface area contributed by atoms with Crippen LogP contribution >= 0.6 is 27.5 Å². The van der Waals surface area contributed by atoms with E-state index in [2.05, 4.69) is 20.9 Å². The molecule has 1 N–H and O–H groups in total. The Morgan fingerprint density at radius 3 is 2.80 bits per heavy atom. The fraction of sp³-hybridized carbons (Fsp3) is 0. The Hall–Kier alpha value is -1.13. The van der Waals surface area contributed by atoms with Crippen molar-refractivity contribution in [3.63, 3.8) is 0 Å². The highest BCUT2D eigenvalue weighted by Crippen LogP contribution is 2.25. The minimum atomic E-state index is -1.06. The Morgan fingerprint density at radius 2 is 2.13 bits per heavy atom.